The number of carbonyl (C=O) groups excluding carboxylic acids is 1. The SMILES string of the molecule is CCCCOC(=O)N1CC=C(c2c[nH]c3cccnc23)CC1. The summed E-state index contributed by atoms with van der Waals surface area (Å²) in [6, 6.07) is 3.94. The fraction of sp³-hybridized carbons (Fsp3) is 0.412. The van der Waals surface area contributed by atoms with E-state index < -0.39 is 0 Å². The van der Waals surface area contributed by atoms with Crippen molar-refractivity contribution in [3.63, 3.8) is 0 Å². The molecule has 0 fully saturated rings. The van der Waals surface area contributed by atoms with E-state index in [2.05, 4.69) is 23.0 Å². The summed E-state index contributed by atoms with van der Waals surface area (Å²) in [5.41, 5.74) is 4.41. The Kier molecular flexibility index (Phi) is 4.42. The molecule has 0 aromatic carbocycles. The number of carbonyl (C=O) groups is 1. The number of H-pyrrole nitrogens is 1. The Hall–Kier alpha value is -2.30. The first-order valence-corrected chi connectivity index (χ1v) is 7.83. The van der Waals surface area contributed by atoms with Crippen LogP contribution in [0, 0.1) is 0 Å². The number of unbranched alkanes of at least 4 members (excludes halogenated alkanes) is 1. The molecule has 0 aliphatic carbocycles. The summed E-state index contributed by atoms with van der Waals surface area (Å²) < 4.78 is 5.26. The van der Waals surface area contributed by atoms with Gasteiger partial charge in [0.2, 0.25) is 0 Å². The van der Waals surface area contributed by atoms with Gasteiger partial charge in [-0.2, -0.15) is 0 Å². The Morgan fingerprint density at radius 1 is 1.50 bits per heavy atom. The maximum atomic E-state index is 11.9. The van der Waals surface area contributed by atoms with Crippen LogP contribution in [0.5, 0.6) is 0 Å². The van der Waals surface area contributed by atoms with Crippen LogP contribution >= 0.6 is 0 Å². The number of nitrogens with one attached hydrogen (secondary N) is 1. The Balaban J connectivity index is 1.67. The van der Waals surface area contributed by atoms with Crippen LogP contribution in [0.3, 0.4) is 0 Å². The average Bonchev–Trinajstić information content (AvgIpc) is 2.99. The first kappa shape index (κ1) is 14.6. The van der Waals surface area contributed by atoms with Crippen molar-refractivity contribution in [3.8, 4) is 0 Å². The van der Waals surface area contributed by atoms with Crippen LogP contribution in [0.4, 0.5) is 4.79 Å². The highest BCUT2D eigenvalue weighted by Crippen LogP contribution is 2.27. The summed E-state index contributed by atoms with van der Waals surface area (Å²) in [4.78, 5) is 21.4. The van der Waals surface area contributed by atoms with Gasteiger partial charge in [-0.15, -0.1) is 0 Å². The lowest BCUT2D eigenvalue weighted by molar-refractivity contribution is 0.105. The number of aromatic nitrogens is 2. The molecule has 2 aromatic rings. The van der Waals surface area contributed by atoms with Crippen molar-refractivity contribution in [2.75, 3.05) is 19.7 Å². The van der Waals surface area contributed by atoms with Crippen LogP contribution in [0.2, 0.25) is 0 Å². The smallest absolute Gasteiger partial charge is 0.410 e. The van der Waals surface area contributed by atoms with Gasteiger partial charge in [-0.25, -0.2) is 4.79 Å². The van der Waals surface area contributed by atoms with E-state index in [1.54, 1.807) is 11.1 Å². The number of nitrogens with zero attached hydrogens (tertiary/aromatic N) is 2. The summed E-state index contributed by atoms with van der Waals surface area (Å²) in [5, 5.41) is 0. The highest BCUT2D eigenvalue weighted by atomic mass is 16.6. The predicted octanol–water partition coefficient (Wildman–Crippen LogP) is 3.59. The van der Waals surface area contributed by atoms with Crippen molar-refractivity contribution in [2.45, 2.75) is 26.2 Å². The first-order valence-electron chi connectivity index (χ1n) is 7.83. The van der Waals surface area contributed by atoms with Crippen molar-refractivity contribution in [1.29, 1.82) is 0 Å². The quantitative estimate of drug-likeness (QED) is 0.878. The maximum Gasteiger partial charge on any atom is 0.410 e. The molecule has 0 saturated heterocycles. The molecular weight excluding hydrogens is 278 g/mol. The molecule has 1 amide bonds. The molecule has 2 aromatic heterocycles. The minimum Gasteiger partial charge on any atom is -0.449 e. The van der Waals surface area contributed by atoms with E-state index in [1.807, 2.05) is 18.3 Å². The second kappa shape index (κ2) is 6.64. The topological polar surface area (TPSA) is 58.2 Å². The van der Waals surface area contributed by atoms with Crippen molar-refractivity contribution in [1.82, 2.24) is 14.9 Å². The maximum absolute atomic E-state index is 11.9. The number of pyridine rings is 1. The summed E-state index contributed by atoms with van der Waals surface area (Å²) in [7, 11) is 0. The van der Waals surface area contributed by atoms with Crippen LogP contribution in [0.25, 0.3) is 16.6 Å². The fourth-order valence-corrected chi connectivity index (χ4v) is 2.67. The Morgan fingerprint density at radius 3 is 3.18 bits per heavy atom. The van der Waals surface area contributed by atoms with Crippen LogP contribution in [-0.4, -0.2) is 40.7 Å². The lowest BCUT2D eigenvalue weighted by Gasteiger charge is -2.25. The van der Waals surface area contributed by atoms with E-state index in [9.17, 15) is 4.79 Å². The van der Waals surface area contributed by atoms with E-state index in [4.69, 9.17) is 4.74 Å². The van der Waals surface area contributed by atoms with E-state index in [0.29, 0.717) is 19.7 Å². The van der Waals surface area contributed by atoms with Gasteiger partial charge in [0.05, 0.1) is 17.6 Å². The molecule has 0 unspecified atom stereocenters. The molecule has 5 heteroatoms. The summed E-state index contributed by atoms with van der Waals surface area (Å²) >= 11 is 0. The van der Waals surface area contributed by atoms with Crippen molar-refractivity contribution in [3.05, 3.63) is 36.2 Å². The average molecular weight is 299 g/mol. The lowest BCUT2D eigenvalue weighted by Crippen LogP contribution is -2.35. The lowest BCUT2D eigenvalue weighted by atomic mass is 10.0. The number of amides is 1. The zero-order chi connectivity index (χ0) is 15.4. The second-order valence-electron chi connectivity index (χ2n) is 5.50. The summed E-state index contributed by atoms with van der Waals surface area (Å²) in [6.07, 6.45) is 8.47. The molecule has 116 valence electrons. The molecule has 1 aliphatic heterocycles. The molecule has 0 radical (unpaired) electrons. The third-order valence-electron chi connectivity index (χ3n) is 3.97. The minimum absolute atomic E-state index is 0.208. The van der Waals surface area contributed by atoms with Crippen LogP contribution in [0.1, 0.15) is 31.7 Å². The Labute approximate surface area is 130 Å². The summed E-state index contributed by atoms with van der Waals surface area (Å²) in [5.74, 6) is 0. The molecule has 0 bridgehead atoms. The van der Waals surface area contributed by atoms with Gasteiger partial charge in [0.15, 0.2) is 0 Å². The predicted molar refractivity (Wildman–Crippen MR) is 86.5 cm³/mol. The van der Waals surface area contributed by atoms with E-state index in [0.717, 1.165) is 35.9 Å². The molecule has 1 N–H and O–H groups in total. The number of aromatic amines is 1. The number of hydrogen-bond acceptors (Lipinski definition) is 3. The minimum atomic E-state index is -0.208. The van der Waals surface area contributed by atoms with Crippen molar-refractivity contribution in [2.24, 2.45) is 0 Å². The Bertz CT molecular complexity index is 690. The van der Waals surface area contributed by atoms with E-state index in [-0.39, 0.29) is 6.09 Å². The highest BCUT2D eigenvalue weighted by Gasteiger charge is 2.20. The molecular formula is C17H21N3O2. The van der Waals surface area contributed by atoms with Gasteiger partial charge in [0.25, 0.3) is 0 Å². The third-order valence-corrected chi connectivity index (χ3v) is 3.97. The van der Waals surface area contributed by atoms with Crippen molar-refractivity contribution < 1.29 is 9.53 Å². The zero-order valence-corrected chi connectivity index (χ0v) is 12.8. The largest absolute Gasteiger partial charge is 0.449 e. The van der Waals surface area contributed by atoms with Gasteiger partial charge < -0.3 is 14.6 Å². The molecule has 3 rings (SSSR count). The standard InChI is InChI=1S/C17H21N3O2/c1-2-3-11-22-17(21)20-9-6-13(7-10-20)14-12-19-15-5-4-8-18-16(14)15/h4-6,8,12,19H,2-3,7,9-11H2,1H3. The Morgan fingerprint density at radius 2 is 2.41 bits per heavy atom. The van der Waals surface area contributed by atoms with Crippen molar-refractivity contribution >= 4 is 22.7 Å². The molecule has 3 heterocycles. The van der Waals surface area contributed by atoms with E-state index in [1.165, 1.54) is 5.57 Å². The van der Waals surface area contributed by atoms with Gasteiger partial charge in [-0.1, -0.05) is 19.4 Å². The van der Waals surface area contributed by atoms with Crippen LogP contribution in [-0.2, 0) is 4.74 Å². The van der Waals surface area contributed by atoms with Crippen LogP contribution < -0.4 is 0 Å². The van der Waals surface area contributed by atoms with Gasteiger partial charge in [0, 0.05) is 31.0 Å². The van der Waals surface area contributed by atoms with E-state index >= 15 is 0 Å². The third kappa shape index (κ3) is 2.98. The molecule has 0 spiro atoms. The first-order chi connectivity index (χ1) is 10.8. The number of ether oxygens (including phenoxy) is 1. The van der Waals surface area contributed by atoms with Gasteiger partial charge in [-0.05, 0) is 30.5 Å². The molecule has 0 atom stereocenters. The molecule has 1 aliphatic rings. The second-order valence-corrected chi connectivity index (χ2v) is 5.50. The van der Waals surface area contributed by atoms with Crippen LogP contribution in [0.15, 0.2) is 30.6 Å². The molecule has 5 nitrogen and oxygen atoms in total. The van der Waals surface area contributed by atoms with Gasteiger partial charge in [-0.3, -0.25) is 4.98 Å². The normalized spacial score (nSPS) is 15.0. The number of fused-ring (bicyclic) bond motifs is 1. The molecule has 22 heavy (non-hydrogen) atoms. The zero-order valence-electron chi connectivity index (χ0n) is 12.8. The van der Waals surface area contributed by atoms with Gasteiger partial charge >= 0.3 is 6.09 Å². The fourth-order valence-electron chi connectivity index (χ4n) is 2.67. The molecule has 0 saturated carbocycles. The highest BCUT2D eigenvalue weighted by molar-refractivity contribution is 5.89. The van der Waals surface area contributed by atoms with Gasteiger partial charge in [0.1, 0.15) is 0 Å². The summed E-state index contributed by atoms with van der Waals surface area (Å²) in [6.45, 7) is 3.88. The monoisotopic (exact) mass is 299 g/mol. The number of rotatable bonds is 4. The number of hydrogen-bond donors (Lipinski definition) is 1.